The molecule has 1 aromatic rings. The molecule has 0 spiro atoms. The van der Waals surface area contributed by atoms with Crippen LogP contribution in [-0.2, 0) is 9.53 Å². The number of hydrogen-bond donors (Lipinski definition) is 0. The predicted molar refractivity (Wildman–Crippen MR) is 78.7 cm³/mol. The molecule has 0 unspecified atom stereocenters. The average Bonchev–Trinajstić information content (AvgIpc) is 2.44. The number of amides is 1. The van der Waals surface area contributed by atoms with Crippen molar-refractivity contribution in [3.63, 3.8) is 0 Å². The van der Waals surface area contributed by atoms with E-state index in [1.807, 2.05) is 31.2 Å². The zero-order valence-corrected chi connectivity index (χ0v) is 12.7. The molecule has 0 N–H and O–H groups in total. The Labute approximate surface area is 120 Å². The van der Waals surface area contributed by atoms with Crippen LogP contribution in [-0.4, -0.2) is 36.5 Å². The van der Waals surface area contributed by atoms with Crippen molar-refractivity contribution in [1.82, 2.24) is 4.90 Å². The van der Waals surface area contributed by atoms with Gasteiger partial charge < -0.3 is 9.64 Å². The lowest BCUT2D eigenvalue weighted by Gasteiger charge is -2.20. The Morgan fingerprint density at radius 3 is 2.20 bits per heavy atom. The number of benzene rings is 1. The van der Waals surface area contributed by atoms with E-state index in [4.69, 9.17) is 4.74 Å². The van der Waals surface area contributed by atoms with Gasteiger partial charge in [-0.15, -0.1) is 0 Å². The predicted octanol–water partition coefficient (Wildman–Crippen LogP) is 2.84. The number of carbonyl (C=O) groups is 2. The highest BCUT2D eigenvalue weighted by atomic mass is 16.5. The first-order valence-electron chi connectivity index (χ1n) is 7.04. The Hall–Kier alpha value is -1.84. The normalized spacial score (nSPS) is 10.4. The van der Waals surface area contributed by atoms with Crippen molar-refractivity contribution >= 4 is 11.9 Å². The number of ether oxygens (including phenoxy) is 1. The fourth-order valence-electron chi connectivity index (χ4n) is 1.88. The Bertz CT molecular complexity index is 451. The molecular formula is C16H23NO3. The van der Waals surface area contributed by atoms with Crippen molar-refractivity contribution in [3.05, 3.63) is 35.4 Å². The molecule has 0 saturated carbocycles. The van der Waals surface area contributed by atoms with Crippen LogP contribution in [0.15, 0.2) is 24.3 Å². The third-order valence-corrected chi connectivity index (χ3v) is 3.12. The van der Waals surface area contributed by atoms with E-state index >= 15 is 0 Å². The van der Waals surface area contributed by atoms with Crippen molar-refractivity contribution < 1.29 is 14.3 Å². The summed E-state index contributed by atoms with van der Waals surface area (Å²) in [4.78, 5) is 25.3. The lowest BCUT2D eigenvalue weighted by atomic mass is 10.0. The Morgan fingerprint density at radius 2 is 1.75 bits per heavy atom. The minimum absolute atomic E-state index is 0.00486. The fraction of sp³-hybridized carbons (Fsp3) is 0.500. The van der Waals surface area contributed by atoms with E-state index in [9.17, 15) is 9.59 Å². The van der Waals surface area contributed by atoms with Gasteiger partial charge >= 0.3 is 5.97 Å². The second-order valence-electron chi connectivity index (χ2n) is 4.90. The van der Waals surface area contributed by atoms with Gasteiger partial charge in [-0.1, -0.05) is 26.0 Å². The summed E-state index contributed by atoms with van der Waals surface area (Å²) in [5.74, 6) is -0.0849. The van der Waals surface area contributed by atoms with E-state index in [1.165, 1.54) is 10.5 Å². The Balaban J connectivity index is 2.77. The molecule has 0 heterocycles. The number of esters is 1. The molecule has 0 aliphatic carbocycles. The minimum atomic E-state index is -0.374. The largest absolute Gasteiger partial charge is 0.465 e. The summed E-state index contributed by atoms with van der Waals surface area (Å²) in [6.07, 6.45) is 0. The summed E-state index contributed by atoms with van der Waals surface area (Å²) in [6.45, 7) is 8.61. The first-order chi connectivity index (χ1) is 9.49. The summed E-state index contributed by atoms with van der Waals surface area (Å²) in [6, 6.07) is 7.53. The van der Waals surface area contributed by atoms with E-state index in [0.29, 0.717) is 24.6 Å². The van der Waals surface area contributed by atoms with Crippen LogP contribution in [0.25, 0.3) is 0 Å². The SMILES string of the molecule is CCOC(=O)CN(CC)C(=O)c1ccc(C(C)C)cc1. The summed E-state index contributed by atoms with van der Waals surface area (Å²) in [5, 5.41) is 0. The molecule has 0 aromatic heterocycles. The van der Waals surface area contributed by atoms with E-state index < -0.39 is 0 Å². The van der Waals surface area contributed by atoms with Gasteiger partial charge in [0.1, 0.15) is 6.54 Å². The van der Waals surface area contributed by atoms with Crippen LogP contribution in [0.4, 0.5) is 0 Å². The van der Waals surface area contributed by atoms with Crippen molar-refractivity contribution in [2.24, 2.45) is 0 Å². The lowest BCUT2D eigenvalue weighted by Crippen LogP contribution is -2.36. The smallest absolute Gasteiger partial charge is 0.325 e. The highest BCUT2D eigenvalue weighted by Crippen LogP contribution is 2.15. The maximum atomic E-state index is 12.3. The van der Waals surface area contributed by atoms with Crippen LogP contribution in [0.3, 0.4) is 0 Å². The zero-order chi connectivity index (χ0) is 15.1. The van der Waals surface area contributed by atoms with Crippen molar-refractivity contribution in [3.8, 4) is 0 Å². The average molecular weight is 277 g/mol. The van der Waals surface area contributed by atoms with E-state index in [2.05, 4.69) is 13.8 Å². The standard InChI is InChI=1S/C16H23NO3/c1-5-17(11-15(18)20-6-2)16(19)14-9-7-13(8-10-14)12(3)4/h7-10,12H,5-6,11H2,1-4H3. The number of hydrogen-bond acceptors (Lipinski definition) is 3. The van der Waals surface area contributed by atoms with Gasteiger partial charge in [-0.25, -0.2) is 0 Å². The van der Waals surface area contributed by atoms with Crippen molar-refractivity contribution in [2.75, 3.05) is 19.7 Å². The molecule has 0 bridgehead atoms. The molecule has 1 rings (SSSR count). The number of nitrogens with zero attached hydrogens (tertiary/aromatic N) is 1. The third-order valence-electron chi connectivity index (χ3n) is 3.12. The lowest BCUT2D eigenvalue weighted by molar-refractivity contribution is -0.143. The second-order valence-corrected chi connectivity index (χ2v) is 4.90. The van der Waals surface area contributed by atoms with Gasteiger partial charge in [0.25, 0.3) is 5.91 Å². The zero-order valence-electron chi connectivity index (χ0n) is 12.7. The van der Waals surface area contributed by atoms with Crippen LogP contribution in [0, 0.1) is 0 Å². The quantitative estimate of drug-likeness (QED) is 0.751. The molecule has 0 fully saturated rings. The molecule has 0 aliphatic rings. The summed E-state index contributed by atoms with van der Waals surface area (Å²) in [7, 11) is 0. The van der Waals surface area contributed by atoms with Crippen LogP contribution in [0.2, 0.25) is 0 Å². The van der Waals surface area contributed by atoms with Crippen LogP contribution >= 0.6 is 0 Å². The molecule has 4 heteroatoms. The summed E-state index contributed by atoms with van der Waals surface area (Å²) < 4.78 is 4.88. The van der Waals surface area contributed by atoms with Gasteiger partial charge in [0.2, 0.25) is 0 Å². The minimum Gasteiger partial charge on any atom is -0.465 e. The second kappa shape index (κ2) is 7.68. The molecule has 4 nitrogen and oxygen atoms in total. The highest BCUT2D eigenvalue weighted by molar-refractivity contribution is 5.96. The molecule has 0 atom stereocenters. The molecule has 1 amide bonds. The summed E-state index contributed by atoms with van der Waals surface area (Å²) >= 11 is 0. The maximum Gasteiger partial charge on any atom is 0.325 e. The van der Waals surface area contributed by atoms with Crippen LogP contribution in [0.5, 0.6) is 0 Å². The first-order valence-corrected chi connectivity index (χ1v) is 7.04. The molecule has 0 aliphatic heterocycles. The van der Waals surface area contributed by atoms with Gasteiger partial charge in [-0.2, -0.15) is 0 Å². The van der Waals surface area contributed by atoms with Gasteiger partial charge in [0.15, 0.2) is 0 Å². The Morgan fingerprint density at radius 1 is 1.15 bits per heavy atom. The van der Waals surface area contributed by atoms with E-state index in [1.54, 1.807) is 6.92 Å². The van der Waals surface area contributed by atoms with Crippen molar-refractivity contribution in [1.29, 1.82) is 0 Å². The van der Waals surface area contributed by atoms with Gasteiger partial charge in [0, 0.05) is 12.1 Å². The monoisotopic (exact) mass is 277 g/mol. The molecular weight excluding hydrogens is 254 g/mol. The van der Waals surface area contributed by atoms with Gasteiger partial charge in [-0.05, 0) is 37.5 Å². The highest BCUT2D eigenvalue weighted by Gasteiger charge is 2.17. The van der Waals surface area contributed by atoms with Gasteiger partial charge in [-0.3, -0.25) is 9.59 Å². The molecule has 110 valence electrons. The number of likely N-dealkylation sites (N-methyl/N-ethyl adjacent to an activating group) is 1. The van der Waals surface area contributed by atoms with E-state index in [0.717, 1.165) is 0 Å². The molecule has 0 radical (unpaired) electrons. The molecule has 1 aromatic carbocycles. The molecule has 0 saturated heterocycles. The van der Waals surface area contributed by atoms with E-state index in [-0.39, 0.29) is 18.4 Å². The van der Waals surface area contributed by atoms with Gasteiger partial charge in [0.05, 0.1) is 6.61 Å². The number of carbonyl (C=O) groups excluding carboxylic acids is 2. The fourth-order valence-corrected chi connectivity index (χ4v) is 1.88. The van der Waals surface area contributed by atoms with Crippen LogP contribution in [0.1, 0.15) is 49.5 Å². The van der Waals surface area contributed by atoms with Crippen LogP contribution < -0.4 is 0 Å². The Kier molecular flexibility index (Phi) is 6.22. The topological polar surface area (TPSA) is 46.6 Å². The third kappa shape index (κ3) is 4.37. The number of rotatable bonds is 6. The first kappa shape index (κ1) is 16.2. The van der Waals surface area contributed by atoms with Crippen molar-refractivity contribution in [2.45, 2.75) is 33.6 Å². The molecule has 20 heavy (non-hydrogen) atoms. The summed E-state index contributed by atoms with van der Waals surface area (Å²) in [5.41, 5.74) is 1.79. The maximum absolute atomic E-state index is 12.3.